The first-order valence-corrected chi connectivity index (χ1v) is 14.8. The van der Waals surface area contributed by atoms with Crippen LogP contribution in [0.3, 0.4) is 0 Å². The summed E-state index contributed by atoms with van der Waals surface area (Å²) in [5.74, 6) is 0.0592. The number of fused-ring (bicyclic) bond motifs is 2. The zero-order valence-electron chi connectivity index (χ0n) is 25.1. The highest BCUT2D eigenvalue weighted by molar-refractivity contribution is 6.28. The summed E-state index contributed by atoms with van der Waals surface area (Å²) in [6, 6.07) is 32.3. The molecule has 1 aliphatic heterocycles. The molecule has 4 aromatic carbocycles. The van der Waals surface area contributed by atoms with Crippen LogP contribution >= 0.6 is 0 Å². The fourth-order valence-corrected chi connectivity index (χ4v) is 5.94. The quantitative estimate of drug-likeness (QED) is 0.218. The third kappa shape index (κ3) is 6.21. The zero-order chi connectivity index (χ0) is 30.4. The van der Waals surface area contributed by atoms with Crippen molar-refractivity contribution < 1.29 is 19.1 Å². The Hall–Kier alpha value is -4.39. The van der Waals surface area contributed by atoms with Crippen LogP contribution in [0.4, 0.5) is 5.69 Å². The molecule has 6 rings (SSSR count). The van der Waals surface area contributed by atoms with E-state index < -0.39 is 5.54 Å². The Balaban J connectivity index is 0.000000194. The molecule has 0 bridgehead atoms. The fourth-order valence-electron chi connectivity index (χ4n) is 5.94. The SMILES string of the molecule is CCC(Cc1ccccc1)(C(=O)c1ccc(N2CCOCC2)cc1)N(C)C.O=C1c2ccccc2C(=O)c2ccccc21. The number of likely N-dealkylation sites (N-methyl/N-ethyl adjacent to an activating group) is 1. The molecular weight excluding hydrogens is 536 g/mol. The number of benzene rings is 4. The molecule has 1 aliphatic carbocycles. The number of rotatable bonds is 7. The highest BCUT2D eigenvalue weighted by atomic mass is 16.5. The molecule has 0 amide bonds. The van der Waals surface area contributed by atoms with E-state index in [4.69, 9.17) is 4.74 Å². The van der Waals surface area contributed by atoms with E-state index in [1.54, 1.807) is 48.5 Å². The van der Waals surface area contributed by atoms with Gasteiger partial charge in [-0.05, 0) is 56.8 Å². The first kappa shape index (κ1) is 30.1. The van der Waals surface area contributed by atoms with E-state index in [1.165, 1.54) is 5.56 Å². The summed E-state index contributed by atoms with van der Waals surface area (Å²) in [7, 11) is 4.01. The van der Waals surface area contributed by atoms with Gasteiger partial charge >= 0.3 is 0 Å². The molecule has 1 saturated heterocycles. The first-order chi connectivity index (χ1) is 20.9. The van der Waals surface area contributed by atoms with Gasteiger partial charge in [0.25, 0.3) is 0 Å². The molecule has 0 saturated carbocycles. The maximum absolute atomic E-state index is 13.6. The average molecular weight is 575 g/mol. The van der Waals surface area contributed by atoms with Gasteiger partial charge in [0, 0.05) is 46.6 Å². The Bertz CT molecular complexity index is 1490. The number of ketones is 3. The van der Waals surface area contributed by atoms with Gasteiger partial charge in [0.15, 0.2) is 17.3 Å². The molecule has 43 heavy (non-hydrogen) atoms. The van der Waals surface area contributed by atoms with Crippen molar-refractivity contribution in [3.05, 3.63) is 137 Å². The number of anilines is 1. The Kier molecular flexibility index (Phi) is 9.29. The first-order valence-electron chi connectivity index (χ1n) is 14.8. The normalized spacial score (nSPS) is 15.6. The molecular formula is C37H38N2O4. The van der Waals surface area contributed by atoms with Crippen LogP contribution in [0.2, 0.25) is 0 Å². The van der Waals surface area contributed by atoms with Gasteiger partial charge in [0.05, 0.1) is 18.8 Å². The minimum absolute atomic E-state index is 0.0641. The molecule has 0 N–H and O–H groups in total. The van der Waals surface area contributed by atoms with Gasteiger partial charge in [0.2, 0.25) is 0 Å². The van der Waals surface area contributed by atoms with Crippen molar-refractivity contribution in [3.63, 3.8) is 0 Å². The van der Waals surface area contributed by atoms with Crippen molar-refractivity contribution in [2.45, 2.75) is 25.3 Å². The van der Waals surface area contributed by atoms with Crippen molar-refractivity contribution >= 4 is 23.0 Å². The molecule has 4 aromatic rings. The molecule has 1 fully saturated rings. The Morgan fingerprint density at radius 3 is 1.63 bits per heavy atom. The van der Waals surface area contributed by atoms with Gasteiger partial charge in [-0.15, -0.1) is 0 Å². The summed E-state index contributed by atoms with van der Waals surface area (Å²) in [5.41, 5.74) is 4.60. The Labute approximate surface area is 253 Å². The van der Waals surface area contributed by atoms with Crippen LogP contribution in [-0.4, -0.2) is 68.2 Å². The summed E-state index contributed by atoms with van der Waals surface area (Å²) < 4.78 is 5.42. The lowest BCUT2D eigenvalue weighted by Gasteiger charge is -2.38. The third-order valence-electron chi connectivity index (χ3n) is 8.54. The zero-order valence-corrected chi connectivity index (χ0v) is 25.1. The van der Waals surface area contributed by atoms with Gasteiger partial charge < -0.3 is 9.64 Å². The summed E-state index contributed by atoms with van der Waals surface area (Å²) in [5, 5.41) is 0. The van der Waals surface area contributed by atoms with Gasteiger partial charge in [-0.2, -0.15) is 0 Å². The highest BCUT2D eigenvalue weighted by Gasteiger charge is 2.39. The van der Waals surface area contributed by atoms with E-state index in [0.717, 1.165) is 44.0 Å². The molecule has 220 valence electrons. The molecule has 1 unspecified atom stereocenters. The maximum atomic E-state index is 13.6. The molecule has 1 heterocycles. The van der Waals surface area contributed by atoms with Crippen LogP contribution in [0.5, 0.6) is 0 Å². The predicted octanol–water partition coefficient (Wildman–Crippen LogP) is 6.12. The van der Waals surface area contributed by atoms with Crippen LogP contribution in [0.1, 0.15) is 61.1 Å². The number of hydrogen-bond acceptors (Lipinski definition) is 6. The molecule has 0 aromatic heterocycles. The number of nitrogens with zero attached hydrogens (tertiary/aromatic N) is 2. The van der Waals surface area contributed by atoms with E-state index in [-0.39, 0.29) is 17.3 Å². The van der Waals surface area contributed by atoms with Gasteiger partial charge in [-0.3, -0.25) is 19.3 Å². The topological polar surface area (TPSA) is 66.9 Å². The van der Waals surface area contributed by atoms with Crippen molar-refractivity contribution in [1.82, 2.24) is 4.90 Å². The number of carbonyl (C=O) groups is 3. The van der Waals surface area contributed by atoms with E-state index >= 15 is 0 Å². The number of hydrogen-bond donors (Lipinski definition) is 0. The monoisotopic (exact) mass is 574 g/mol. The summed E-state index contributed by atoms with van der Waals surface area (Å²) in [4.78, 5) is 42.1. The molecule has 1 atom stereocenters. The number of carbonyl (C=O) groups excluding carboxylic acids is 3. The number of ether oxygens (including phenoxy) is 1. The van der Waals surface area contributed by atoms with E-state index in [0.29, 0.717) is 28.7 Å². The smallest absolute Gasteiger partial charge is 0.194 e. The van der Waals surface area contributed by atoms with E-state index in [9.17, 15) is 14.4 Å². The summed E-state index contributed by atoms with van der Waals surface area (Å²) >= 11 is 0. The van der Waals surface area contributed by atoms with Gasteiger partial charge in [-0.1, -0.05) is 85.8 Å². The molecule has 6 nitrogen and oxygen atoms in total. The largest absolute Gasteiger partial charge is 0.378 e. The van der Waals surface area contributed by atoms with Gasteiger partial charge in [0.1, 0.15) is 0 Å². The third-order valence-corrected chi connectivity index (χ3v) is 8.54. The highest BCUT2D eigenvalue weighted by Crippen LogP contribution is 2.29. The van der Waals surface area contributed by atoms with Crippen molar-refractivity contribution in [2.75, 3.05) is 45.3 Å². The molecule has 0 radical (unpaired) electrons. The van der Waals surface area contributed by atoms with Crippen molar-refractivity contribution in [1.29, 1.82) is 0 Å². The lowest BCUT2D eigenvalue weighted by molar-refractivity contribution is 0.0666. The van der Waals surface area contributed by atoms with E-state index in [1.807, 2.05) is 44.4 Å². The van der Waals surface area contributed by atoms with Crippen molar-refractivity contribution in [3.8, 4) is 0 Å². The van der Waals surface area contributed by atoms with Crippen LogP contribution in [0.25, 0.3) is 0 Å². The standard InChI is InChI=1S/C23H30N2O2.C14H8O2/c1-4-23(24(2)3,18-19-8-6-5-7-9-19)22(26)20-10-12-21(13-11-20)25-14-16-27-17-15-25;15-13-9-5-1-2-6-10(9)14(16)12-8-4-3-7-11(12)13/h5-13H,4,14-18H2,1-3H3;1-8H. The Morgan fingerprint density at radius 1 is 0.721 bits per heavy atom. The molecule has 2 aliphatic rings. The van der Waals surface area contributed by atoms with Crippen LogP contribution in [0.15, 0.2) is 103 Å². The fraction of sp³-hybridized carbons (Fsp3) is 0.270. The lowest BCUT2D eigenvalue weighted by atomic mass is 9.80. The average Bonchev–Trinajstić information content (AvgIpc) is 3.07. The number of morpholine rings is 1. The second-order valence-electron chi connectivity index (χ2n) is 11.2. The van der Waals surface area contributed by atoms with Crippen LogP contribution in [-0.2, 0) is 11.2 Å². The second-order valence-corrected chi connectivity index (χ2v) is 11.2. The maximum Gasteiger partial charge on any atom is 0.194 e. The minimum Gasteiger partial charge on any atom is -0.378 e. The van der Waals surface area contributed by atoms with E-state index in [2.05, 4.69) is 41.0 Å². The lowest BCUT2D eigenvalue weighted by Crippen LogP contribution is -2.52. The molecule has 0 spiro atoms. The van der Waals surface area contributed by atoms with Crippen LogP contribution < -0.4 is 4.90 Å². The predicted molar refractivity (Wildman–Crippen MR) is 170 cm³/mol. The second kappa shape index (κ2) is 13.3. The summed E-state index contributed by atoms with van der Waals surface area (Å²) in [6.45, 7) is 5.42. The molecule has 6 heteroatoms. The number of Topliss-reactive ketones (excluding diaryl/α,β-unsaturated/α-hetero) is 1. The van der Waals surface area contributed by atoms with Crippen molar-refractivity contribution in [2.24, 2.45) is 0 Å². The van der Waals surface area contributed by atoms with Crippen LogP contribution in [0, 0.1) is 0 Å². The van der Waals surface area contributed by atoms with Gasteiger partial charge in [-0.25, -0.2) is 0 Å². The Morgan fingerprint density at radius 2 is 1.19 bits per heavy atom. The minimum atomic E-state index is -0.540. The summed E-state index contributed by atoms with van der Waals surface area (Å²) in [6.07, 6.45) is 1.47.